The highest BCUT2D eigenvalue weighted by atomic mass is 16.5. The molecule has 1 heterocycles. The summed E-state index contributed by atoms with van der Waals surface area (Å²) in [4.78, 5) is 26.2. The second-order valence-corrected chi connectivity index (χ2v) is 4.69. The van der Waals surface area contributed by atoms with Crippen LogP contribution >= 0.6 is 0 Å². The van der Waals surface area contributed by atoms with Crippen LogP contribution in [0.4, 0.5) is 0 Å². The molecule has 0 saturated heterocycles. The van der Waals surface area contributed by atoms with Crippen molar-refractivity contribution in [3.63, 3.8) is 0 Å². The number of hydrogen-bond donors (Lipinski definition) is 3. The van der Waals surface area contributed by atoms with Crippen molar-refractivity contribution in [1.82, 2.24) is 10.3 Å². The van der Waals surface area contributed by atoms with E-state index in [-0.39, 0.29) is 19.1 Å². The van der Waals surface area contributed by atoms with Gasteiger partial charge in [0.05, 0.1) is 12.6 Å². The van der Waals surface area contributed by atoms with Crippen molar-refractivity contribution >= 4 is 22.8 Å². The fraction of sp³-hybridized carbons (Fsp3) is 0.333. The Labute approximate surface area is 122 Å². The number of ether oxygens (including phenoxy) is 1. The third kappa shape index (κ3) is 3.82. The zero-order valence-electron chi connectivity index (χ0n) is 11.9. The first-order valence-corrected chi connectivity index (χ1v) is 6.85. The van der Waals surface area contributed by atoms with Gasteiger partial charge in [-0.1, -0.05) is 18.2 Å². The van der Waals surface area contributed by atoms with Gasteiger partial charge < -0.3 is 20.8 Å². The van der Waals surface area contributed by atoms with E-state index in [1.165, 1.54) is 0 Å². The Morgan fingerprint density at radius 3 is 2.90 bits per heavy atom. The van der Waals surface area contributed by atoms with E-state index in [9.17, 15) is 9.59 Å². The molecular weight excluding hydrogens is 270 g/mol. The summed E-state index contributed by atoms with van der Waals surface area (Å²) in [5.74, 6) is -0.835. The van der Waals surface area contributed by atoms with Crippen LogP contribution < -0.4 is 11.1 Å². The minimum absolute atomic E-state index is 0.158. The smallest absolute Gasteiger partial charge is 0.325 e. The lowest BCUT2D eigenvalue weighted by Crippen LogP contribution is -2.44. The van der Waals surface area contributed by atoms with Gasteiger partial charge in [-0.2, -0.15) is 0 Å². The van der Waals surface area contributed by atoms with Gasteiger partial charge in [-0.15, -0.1) is 0 Å². The summed E-state index contributed by atoms with van der Waals surface area (Å²) in [6, 6.07) is 7.11. The minimum Gasteiger partial charge on any atom is -0.465 e. The summed E-state index contributed by atoms with van der Waals surface area (Å²) >= 11 is 0. The highest BCUT2D eigenvalue weighted by Crippen LogP contribution is 2.18. The Hall–Kier alpha value is -2.34. The molecular formula is C15H19N3O3. The molecule has 2 aromatic rings. The second-order valence-electron chi connectivity index (χ2n) is 4.69. The number of H-pyrrole nitrogens is 1. The summed E-state index contributed by atoms with van der Waals surface area (Å²) < 4.78 is 4.74. The Kier molecular flexibility index (Phi) is 4.94. The topological polar surface area (TPSA) is 97.2 Å². The Morgan fingerprint density at radius 2 is 2.14 bits per heavy atom. The van der Waals surface area contributed by atoms with Crippen LogP contribution in [-0.2, 0) is 20.7 Å². The predicted octanol–water partition coefficient (Wildman–Crippen LogP) is 0.717. The number of para-hydroxylation sites is 1. The molecule has 0 aliphatic rings. The summed E-state index contributed by atoms with van der Waals surface area (Å²) in [7, 11) is 0. The van der Waals surface area contributed by atoms with Crippen molar-refractivity contribution in [3.05, 3.63) is 36.0 Å². The largest absolute Gasteiger partial charge is 0.465 e. The number of aromatic nitrogens is 1. The maximum absolute atomic E-state index is 11.9. The number of hydrogen-bond acceptors (Lipinski definition) is 4. The highest BCUT2D eigenvalue weighted by Gasteiger charge is 2.17. The van der Waals surface area contributed by atoms with Gasteiger partial charge >= 0.3 is 5.97 Å². The van der Waals surface area contributed by atoms with Crippen LogP contribution in [0.5, 0.6) is 0 Å². The summed E-state index contributed by atoms with van der Waals surface area (Å²) in [5, 5.41) is 3.53. The predicted molar refractivity (Wildman–Crippen MR) is 79.6 cm³/mol. The zero-order chi connectivity index (χ0) is 15.2. The Balaban J connectivity index is 1.93. The molecule has 0 bridgehead atoms. The molecule has 0 aliphatic heterocycles. The average molecular weight is 289 g/mol. The van der Waals surface area contributed by atoms with Crippen molar-refractivity contribution in [3.8, 4) is 0 Å². The normalized spacial score (nSPS) is 12.1. The summed E-state index contributed by atoms with van der Waals surface area (Å²) in [6.45, 7) is 1.84. The number of rotatable bonds is 6. The molecule has 0 saturated carbocycles. The zero-order valence-corrected chi connectivity index (χ0v) is 11.9. The van der Waals surface area contributed by atoms with Crippen LogP contribution in [0.2, 0.25) is 0 Å². The molecule has 112 valence electrons. The maximum atomic E-state index is 11.9. The third-order valence-corrected chi connectivity index (χ3v) is 3.16. The number of carbonyl (C=O) groups is 2. The maximum Gasteiger partial charge on any atom is 0.325 e. The van der Waals surface area contributed by atoms with Gasteiger partial charge in [-0.05, 0) is 25.0 Å². The standard InChI is InChI=1S/C15H19N3O3/c1-2-21-14(19)9-18-15(20)12(16)7-10-8-17-13-6-4-3-5-11(10)13/h3-6,8,12,17H,2,7,9,16H2,1H3,(H,18,20). The van der Waals surface area contributed by atoms with E-state index in [0.717, 1.165) is 16.5 Å². The van der Waals surface area contributed by atoms with Crippen LogP contribution in [0.25, 0.3) is 10.9 Å². The van der Waals surface area contributed by atoms with E-state index in [1.807, 2.05) is 30.5 Å². The van der Waals surface area contributed by atoms with E-state index in [0.29, 0.717) is 6.42 Å². The van der Waals surface area contributed by atoms with Crippen LogP contribution in [-0.4, -0.2) is 36.1 Å². The van der Waals surface area contributed by atoms with Gasteiger partial charge in [0.15, 0.2) is 0 Å². The van der Waals surface area contributed by atoms with Gasteiger partial charge in [0.25, 0.3) is 0 Å². The molecule has 1 atom stereocenters. The van der Waals surface area contributed by atoms with Gasteiger partial charge in [-0.3, -0.25) is 9.59 Å². The van der Waals surface area contributed by atoms with E-state index in [1.54, 1.807) is 6.92 Å². The molecule has 0 aliphatic carbocycles. The quantitative estimate of drug-likeness (QED) is 0.682. The minimum atomic E-state index is -0.710. The molecule has 0 fully saturated rings. The first kappa shape index (κ1) is 15.1. The number of aromatic amines is 1. The number of amides is 1. The van der Waals surface area contributed by atoms with Gasteiger partial charge in [0, 0.05) is 17.1 Å². The summed E-state index contributed by atoms with van der Waals surface area (Å²) in [5.41, 5.74) is 7.86. The number of nitrogens with one attached hydrogen (secondary N) is 2. The van der Waals surface area contributed by atoms with Gasteiger partial charge in [0.1, 0.15) is 6.54 Å². The SMILES string of the molecule is CCOC(=O)CNC(=O)C(N)Cc1c[nH]c2ccccc12. The van der Waals surface area contributed by atoms with Crippen molar-refractivity contribution < 1.29 is 14.3 Å². The van der Waals surface area contributed by atoms with E-state index in [2.05, 4.69) is 10.3 Å². The van der Waals surface area contributed by atoms with Crippen molar-refractivity contribution in [2.24, 2.45) is 5.73 Å². The molecule has 2 rings (SSSR count). The fourth-order valence-corrected chi connectivity index (χ4v) is 2.13. The van der Waals surface area contributed by atoms with Crippen molar-refractivity contribution in [1.29, 1.82) is 0 Å². The molecule has 1 aromatic carbocycles. The number of esters is 1. The van der Waals surface area contributed by atoms with Crippen LogP contribution in [0.3, 0.4) is 0 Å². The number of fused-ring (bicyclic) bond motifs is 1. The first-order chi connectivity index (χ1) is 10.1. The average Bonchev–Trinajstić information content (AvgIpc) is 2.88. The van der Waals surface area contributed by atoms with E-state index in [4.69, 9.17) is 10.5 Å². The molecule has 6 nitrogen and oxygen atoms in total. The molecule has 0 spiro atoms. The highest BCUT2D eigenvalue weighted by molar-refractivity contribution is 5.87. The van der Waals surface area contributed by atoms with E-state index < -0.39 is 12.0 Å². The third-order valence-electron chi connectivity index (χ3n) is 3.16. The molecule has 0 radical (unpaired) electrons. The van der Waals surface area contributed by atoms with Crippen LogP contribution in [0.1, 0.15) is 12.5 Å². The lowest BCUT2D eigenvalue weighted by atomic mass is 10.1. The number of benzene rings is 1. The first-order valence-electron chi connectivity index (χ1n) is 6.85. The van der Waals surface area contributed by atoms with Crippen molar-refractivity contribution in [2.45, 2.75) is 19.4 Å². The monoisotopic (exact) mass is 289 g/mol. The molecule has 1 amide bonds. The fourth-order valence-electron chi connectivity index (χ4n) is 2.13. The molecule has 1 unspecified atom stereocenters. The van der Waals surface area contributed by atoms with Crippen LogP contribution in [0.15, 0.2) is 30.5 Å². The molecule has 21 heavy (non-hydrogen) atoms. The Morgan fingerprint density at radius 1 is 1.38 bits per heavy atom. The Bertz CT molecular complexity index is 636. The van der Waals surface area contributed by atoms with Crippen molar-refractivity contribution in [2.75, 3.05) is 13.2 Å². The van der Waals surface area contributed by atoms with Gasteiger partial charge in [-0.25, -0.2) is 0 Å². The van der Waals surface area contributed by atoms with Crippen LogP contribution in [0, 0.1) is 0 Å². The second kappa shape index (κ2) is 6.90. The van der Waals surface area contributed by atoms with Gasteiger partial charge in [0.2, 0.25) is 5.91 Å². The molecule has 4 N–H and O–H groups in total. The molecule has 6 heteroatoms. The lowest BCUT2D eigenvalue weighted by molar-refractivity contribution is -0.143. The van der Waals surface area contributed by atoms with E-state index >= 15 is 0 Å². The number of carbonyl (C=O) groups excluding carboxylic acids is 2. The lowest BCUT2D eigenvalue weighted by Gasteiger charge is -2.11. The molecule has 1 aromatic heterocycles. The summed E-state index contributed by atoms with van der Waals surface area (Å²) in [6.07, 6.45) is 2.25. The number of nitrogens with two attached hydrogens (primary N) is 1.